The number of ketones is 1. The van der Waals surface area contributed by atoms with Gasteiger partial charge >= 0.3 is 0 Å². The minimum absolute atomic E-state index is 0.0921. The molecule has 190 valence electrons. The Hall–Kier alpha value is -3.71. The van der Waals surface area contributed by atoms with Gasteiger partial charge in [0.2, 0.25) is 11.8 Å². The molecule has 0 radical (unpaired) electrons. The van der Waals surface area contributed by atoms with E-state index in [2.05, 4.69) is 10.3 Å². The van der Waals surface area contributed by atoms with Gasteiger partial charge in [0.1, 0.15) is 6.04 Å². The Labute approximate surface area is 220 Å². The first-order valence-corrected chi connectivity index (χ1v) is 13.7. The fraction of sp³-hybridized carbons (Fsp3) is 0.300. The van der Waals surface area contributed by atoms with E-state index in [-0.39, 0.29) is 30.1 Å². The molecule has 6 nitrogen and oxygen atoms in total. The van der Waals surface area contributed by atoms with E-state index >= 15 is 0 Å². The molecule has 2 heterocycles. The Morgan fingerprint density at radius 2 is 1.76 bits per heavy atom. The summed E-state index contributed by atoms with van der Waals surface area (Å²) in [5.41, 5.74) is 2.67. The Balaban J connectivity index is 1.58. The molecule has 1 aliphatic rings. The lowest BCUT2D eigenvalue weighted by molar-refractivity contribution is -0.127. The molecule has 7 heteroatoms. The summed E-state index contributed by atoms with van der Waals surface area (Å²) in [6.45, 7) is 1.49. The molecule has 2 amide bonds. The van der Waals surface area contributed by atoms with Gasteiger partial charge in [-0.1, -0.05) is 55.7 Å². The van der Waals surface area contributed by atoms with E-state index < -0.39 is 6.04 Å². The summed E-state index contributed by atoms with van der Waals surface area (Å²) in [6.07, 6.45) is 7.18. The summed E-state index contributed by atoms with van der Waals surface area (Å²) in [6, 6.07) is 17.9. The molecule has 0 spiro atoms. The number of para-hydroxylation sites is 2. The lowest BCUT2D eigenvalue weighted by Crippen LogP contribution is -2.47. The molecule has 4 aromatic rings. The van der Waals surface area contributed by atoms with Crippen molar-refractivity contribution in [3.05, 3.63) is 88.2 Å². The molecular formula is C30H31N3O3S. The summed E-state index contributed by atoms with van der Waals surface area (Å²) < 4.78 is 0. The third-order valence-electron chi connectivity index (χ3n) is 7.10. The number of thiophene rings is 1. The van der Waals surface area contributed by atoms with Crippen LogP contribution in [0.2, 0.25) is 0 Å². The van der Waals surface area contributed by atoms with Crippen molar-refractivity contribution < 1.29 is 14.4 Å². The van der Waals surface area contributed by atoms with E-state index in [0.717, 1.165) is 47.0 Å². The number of hydrogen-bond acceptors (Lipinski definition) is 4. The number of carbonyl (C=O) groups is 3. The highest BCUT2D eigenvalue weighted by molar-refractivity contribution is 7.10. The number of Topliss-reactive ketones (excluding diaryl/α,β-unsaturated/α-hetero) is 1. The highest BCUT2D eigenvalue weighted by Crippen LogP contribution is 2.34. The van der Waals surface area contributed by atoms with E-state index in [1.807, 2.05) is 48.0 Å². The molecule has 2 aromatic heterocycles. The Morgan fingerprint density at radius 3 is 2.51 bits per heavy atom. The molecule has 37 heavy (non-hydrogen) atoms. The molecule has 2 aromatic carbocycles. The Kier molecular flexibility index (Phi) is 7.51. The second-order valence-corrected chi connectivity index (χ2v) is 10.6. The first-order valence-electron chi connectivity index (χ1n) is 12.8. The summed E-state index contributed by atoms with van der Waals surface area (Å²) >= 11 is 1.44. The van der Waals surface area contributed by atoms with Crippen LogP contribution >= 0.6 is 11.3 Å². The van der Waals surface area contributed by atoms with Crippen LogP contribution in [0.1, 0.15) is 65.9 Å². The van der Waals surface area contributed by atoms with Crippen LogP contribution in [0.5, 0.6) is 0 Å². The number of nitrogens with zero attached hydrogens (tertiary/aromatic N) is 1. The summed E-state index contributed by atoms with van der Waals surface area (Å²) in [5.74, 6) is -0.603. The van der Waals surface area contributed by atoms with Gasteiger partial charge in [-0.15, -0.1) is 11.3 Å². The summed E-state index contributed by atoms with van der Waals surface area (Å²) in [7, 11) is 0. The number of amides is 2. The number of carbonyl (C=O) groups excluding carboxylic acids is 3. The predicted octanol–water partition coefficient (Wildman–Crippen LogP) is 6.20. The topological polar surface area (TPSA) is 82.3 Å². The first kappa shape index (κ1) is 25.0. The maximum atomic E-state index is 14.2. The van der Waals surface area contributed by atoms with E-state index in [1.54, 1.807) is 29.2 Å². The number of aromatic amines is 1. The monoisotopic (exact) mass is 513 g/mol. The first-order chi connectivity index (χ1) is 18.0. The Bertz CT molecular complexity index is 1400. The van der Waals surface area contributed by atoms with Gasteiger partial charge in [-0.05, 0) is 55.0 Å². The average Bonchev–Trinajstić information content (AvgIpc) is 3.58. The minimum Gasteiger partial charge on any atom is -0.361 e. The van der Waals surface area contributed by atoms with Crippen molar-refractivity contribution in [2.75, 3.05) is 4.90 Å². The molecule has 1 fully saturated rings. The molecule has 0 saturated heterocycles. The third-order valence-corrected chi connectivity index (χ3v) is 8.02. The smallest absolute Gasteiger partial charge is 0.248 e. The zero-order valence-corrected chi connectivity index (χ0v) is 21.7. The highest BCUT2D eigenvalue weighted by Gasteiger charge is 2.36. The van der Waals surface area contributed by atoms with Crippen LogP contribution in [0.3, 0.4) is 0 Å². The molecule has 1 atom stereocenters. The van der Waals surface area contributed by atoms with Crippen LogP contribution in [-0.2, 0) is 16.0 Å². The fourth-order valence-electron chi connectivity index (χ4n) is 5.27. The number of benzene rings is 2. The maximum Gasteiger partial charge on any atom is 0.248 e. The number of anilines is 1. The van der Waals surface area contributed by atoms with E-state index in [1.165, 1.54) is 24.7 Å². The normalized spacial score (nSPS) is 14.8. The lowest BCUT2D eigenvalue weighted by atomic mass is 9.95. The fourth-order valence-corrected chi connectivity index (χ4v) is 6.09. The number of H-pyrrole nitrogens is 1. The molecule has 5 rings (SSSR count). The molecule has 1 saturated carbocycles. The van der Waals surface area contributed by atoms with Crippen LogP contribution in [0.4, 0.5) is 5.69 Å². The molecule has 0 bridgehead atoms. The van der Waals surface area contributed by atoms with Crippen LogP contribution in [-0.4, -0.2) is 28.6 Å². The van der Waals surface area contributed by atoms with Crippen LogP contribution < -0.4 is 10.2 Å². The van der Waals surface area contributed by atoms with Gasteiger partial charge < -0.3 is 10.3 Å². The SMILES string of the molecule is CC(=O)c1ccccc1N(C(=O)Cc1c[nH]c2ccccc12)C(C(=O)NC1CCCCC1)c1cccs1. The van der Waals surface area contributed by atoms with E-state index in [4.69, 9.17) is 0 Å². The van der Waals surface area contributed by atoms with Crippen LogP contribution in [0.15, 0.2) is 72.2 Å². The standard InChI is InChI=1S/C30H31N3O3S/c1-20(34)23-12-6-8-15-26(23)33(28(35)18-21-19-31-25-14-7-5-13-24(21)25)29(27-16-9-17-37-27)30(36)32-22-10-3-2-4-11-22/h5-9,12-17,19,22,29,31H,2-4,10-11,18H2,1H3,(H,32,36). The van der Waals surface area contributed by atoms with Crippen molar-refractivity contribution in [3.63, 3.8) is 0 Å². The van der Waals surface area contributed by atoms with E-state index in [0.29, 0.717) is 11.3 Å². The van der Waals surface area contributed by atoms with Crippen molar-refractivity contribution >= 4 is 45.5 Å². The third kappa shape index (κ3) is 5.37. The molecule has 1 aliphatic carbocycles. The van der Waals surface area contributed by atoms with Gasteiger partial charge in [0.15, 0.2) is 5.78 Å². The van der Waals surface area contributed by atoms with Gasteiger partial charge in [0.25, 0.3) is 0 Å². The number of fused-ring (bicyclic) bond motifs is 1. The minimum atomic E-state index is -0.875. The van der Waals surface area contributed by atoms with Crippen LogP contribution in [0, 0.1) is 0 Å². The van der Waals surface area contributed by atoms with Crippen molar-refractivity contribution in [2.24, 2.45) is 0 Å². The Morgan fingerprint density at radius 1 is 1.00 bits per heavy atom. The number of aromatic nitrogens is 1. The number of nitrogens with one attached hydrogen (secondary N) is 2. The molecule has 0 aliphatic heterocycles. The van der Waals surface area contributed by atoms with Crippen molar-refractivity contribution in [2.45, 2.75) is 57.5 Å². The predicted molar refractivity (Wildman–Crippen MR) is 148 cm³/mol. The van der Waals surface area contributed by atoms with E-state index in [9.17, 15) is 14.4 Å². The highest BCUT2D eigenvalue weighted by atomic mass is 32.1. The molecular weight excluding hydrogens is 482 g/mol. The molecule has 2 N–H and O–H groups in total. The molecule has 1 unspecified atom stereocenters. The van der Waals surface area contributed by atoms with Gasteiger partial charge in [0.05, 0.1) is 12.1 Å². The maximum absolute atomic E-state index is 14.2. The van der Waals surface area contributed by atoms with Crippen molar-refractivity contribution in [1.82, 2.24) is 10.3 Å². The van der Waals surface area contributed by atoms with Gasteiger partial charge in [-0.2, -0.15) is 0 Å². The zero-order valence-electron chi connectivity index (χ0n) is 20.9. The van der Waals surface area contributed by atoms with Crippen molar-refractivity contribution in [3.8, 4) is 0 Å². The summed E-state index contributed by atoms with van der Waals surface area (Å²) in [5, 5.41) is 6.11. The summed E-state index contributed by atoms with van der Waals surface area (Å²) in [4.78, 5) is 46.3. The van der Waals surface area contributed by atoms with Gasteiger partial charge in [0, 0.05) is 33.6 Å². The second-order valence-electron chi connectivity index (χ2n) is 9.63. The quantitative estimate of drug-likeness (QED) is 0.275. The lowest BCUT2D eigenvalue weighted by Gasteiger charge is -2.33. The van der Waals surface area contributed by atoms with Gasteiger partial charge in [-0.25, -0.2) is 0 Å². The number of rotatable bonds is 8. The number of hydrogen-bond donors (Lipinski definition) is 2. The largest absolute Gasteiger partial charge is 0.361 e. The zero-order chi connectivity index (χ0) is 25.8. The van der Waals surface area contributed by atoms with Crippen molar-refractivity contribution in [1.29, 1.82) is 0 Å². The van der Waals surface area contributed by atoms with Crippen LogP contribution in [0.25, 0.3) is 10.9 Å². The van der Waals surface area contributed by atoms with Gasteiger partial charge in [-0.3, -0.25) is 19.3 Å². The second kappa shape index (κ2) is 11.1. The average molecular weight is 514 g/mol.